The number of nitrogens with one attached hydrogen (secondary N) is 3. The summed E-state index contributed by atoms with van der Waals surface area (Å²) < 4.78 is 51.8. The van der Waals surface area contributed by atoms with Crippen molar-refractivity contribution in [3.8, 4) is 0 Å². The van der Waals surface area contributed by atoms with Crippen molar-refractivity contribution in [3.05, 3.63) is 36.0 Å². The van der Waals surface area contributed by atoms with Crippen molar-refractivity contribution < 1.29 is 79.1 Å². The van der Waals surface area contributed by atoms with Crippen LogP contribution in [0.25, 0.3) is 0 Å². The van der Waals surface area contributed by atoms with E-state index < -0.39 is 79.3 Å². The van der Waals surface area contributed by atoms with E-state index >= 15 is 0 Å². The van der Waals surface area contributed by atoms with Gasteiger partial charge >= 0.3 is 44.3 Å². The molecule has 3 rings (SSSR count). The zero-order valence-electron chi connectivity index (χ0n) is 63.6. The van der Waals surface area contributed by atoms with Gasteiger partial charge in [0.25, 0.3) is 0 Å². The molecule has 0 bridgehead atoms. The van der Waals surface area contributed by atoms with Crippen LogP contribution in [-0.2, 0) is 63.8 Å². The predicted molar refractivity (Wildman–Crippen MR) is 380 cm³/mol. The van der Waals surface area contributed by atoms with Gasteiger partial charge in [0.15, 0.2) is 0 Å². The van der Waals surface area contributed by atoms with Crippen LogP contribution in [0.15, 0.2) is 36.0 Å². The third kappa shape index (κ3) is 24.3. The van der Waals surface area contributed by atoms with Crippen LogP contribution in [0.3, 0.4) is 0 Å². The molecule has 0 saturated carbocycles. The van der Waals surface area contributed by atoms with Crippen LogP contribution in [0, 0.1) is 98.1 Å². The Labute approximate surface area is 572 Å². The molecule has 0 aromatic rings. The summed E-state index contributed by atoms with van der Waals surface area (Å²) in [5.41, 5.74) is -0.209. The molecule has 0 aliphatic heterocycles. The van der Waals surface area contributed by atoms with E-state index in [0.717, 1.165) is 12.0 Å². The third-order valence-corrected chi connectivity index (χ3v) is 30.0. The molecule has 0 saturated heterocycles. The monoisotopic (exact) mass is 1390 g/mol. The predicted octanol–water partition coefficient (Wildman–Crippen LogP) is 13.3. The zero-order valence-corrected chi connectivity index (χ0v) is 66.6. The number of hydrogen-bond acceptors (Lipinski definition) is 15. The van der Waals surface area contributed by atoms with Gasteiger partial charge in [-0.05, 0) is 137 Å². The minimum Gasteiger partial charge on any atom is -0.481 e. The van der Waals surface area contributed by atoms with E-state index in [1.54, 1.807) is 21.3 Å². The van der Waals surface area contributed by atoms with Gasteiger partial charge in [-0.2, -0.15) is 0 Å². The van der Waals surface area contributed by atoms with E-state index in [1.807, 2.05) is 75.3 Å². The molecule has 0 aromatic carbocycles. The van der Waals surface area contributed by atoms with E-state index in [-0.39, 0.29) is 75.0 Å². The Kier molecular flexibility index (Phi) is 37.4. The number of allylic oxidation sites excluding steroid dienone is 5. The molecule has 12 unspecified atom stereocenters. The molecule has 0 heterocycles. The van der Waals surface area contributed by atoms with Crippen molar-refractivity contribution in [2.75, 3.05) is 80.6 Å². The number of carboxylic acid groups (broad SMARTS) is 3. The van der Waals surface area contributed by atoms with Gasteiger partial charge in [-0.1, -0.05) is 154 Å². The van der Waals surface area contributed by atoms with Crippen LogP contribution in [0.5, 0.6) is 0 Å². The summed E-state index contributed by atoms with van der Waals surface area (Å²) in [6, 6.07) is 1.74. The van der Waals surface area contributed by atoms with E-state index in [9.17, 15) is 39.3 Å². The van der Waals surface area contributed by atoms with E-state index in [0.29, 0.717) is 96.2 Å². The number of carbonyl (C=O) groups excluding carboxylic acids is 2. The molecule has 0 spiro atoms. The van der Waals surface area contributed by atoms with Gasteiger partial charge in [-0.3, -0.25) is 24.0 Å². The van der Waals surface area contributed by atoms with Crippen LogP contribution in [0.4, 0.5) is 0 Å². The summed E-state index contributed by atoms with van der Waals surface area (Å²) in [6.45, 7) is 53.7. The van der Waals surface area contributed by atoms with Crippen LogP contribution in [0.1, 0.15) is 185 Å². The fourth-order valence-corrected chi connectivity index (χ4v) is 20.7. The highest BCUT2D eigenvalue weighted by Crippen LogP contribution is 2.52. The Balaban J connectivity index is 0.000000705. The molecular weight excluding hydrogens is 1250 g/mol. The summed E-state index contributed by atoms with van der Waals surface area (Å²) >= 11 is 0. The molecule has 23 heteroatoms. The lowest BCUT2D eigenvalue weighted by Crippen LogP contribution is -2.58. The van der Waals surface area contributed by atoms with Gasteiger partial charge in [0.1, 0.15) is 0 Å². The second kappa shape index (κ2) is 39.6. The maximum atomic E-state index is 13.4. The average Bonchev–Trinajstić information content (AvgIpc) is 0.767. The Morgan fingerprint density at radius 3 is 1.27 bits per heavy atom. The number of amides is 2. The first-order valence-corrected chi connectivity index (χ1v) is 40.8. The van der Waals surface area contributed by atoms with E-state index in [2.05, 4.69) is 137 Å². The lowest BCUT2D eigenvalue weighted by molar-refractivity contribution is -0.155. The molecule has 12 atom stereocenters. The summed E-state index contributed by atoms with van der Waals surface area (Å²) in [5, 5.41) is 40.0. The fraction of sp³-hybridized carbons (Fsp3) is 0.845. The van der Waals surface area contributed by atoms with Gasteiger partial charge in [-0.25, -0.2) is 0 Å². The number of carboxylic acids is 3. The first-order valence-electron chi connectivity index (χ1n) is 35.1. The smallest absolute Gasteiger partial charge is 0.481 e. The lowest BCUT2D eigenvalue weighted by Gasteiger charge is -2.50. The largest absolute Gasteiger partial charge is 0.500 e. The van der Waals surface area contributed by atoms with Crippen molar-refractivity contribution in [3.63, 3.8) is 0 Å². The van der Waals surface area contributed by atoms with Crippen LogP contribution >= 0.6 is 0 Å². The van der Waals surface area contributed by atoms with E-state index in [1.165, 1.54) is 0 Å². The highest BCUT2D eigenvalue weighted by atomic mass is 28.4. The maximum absolute atomic E-state index is 13.4. The number of aliphatic carboxylic acids is 3. The number of hydrogen-bond donors (Lipinski definition) is 6. The lowest BCUT2D eigenvalue weighted by atomic mass is 9.55. The molecule has 0 radical (unpaired) electrons. The van der Waals surface area contributed by atoms with Crippen molar-refractivity contribution in [2.45, 2.75) is 210 Å². The molecule has 3 aliphatic rings. The summed E-state index contributed by atoms with van der Waals surface area (Å²) in [4.78, 5) is 63.8. The first-order chi connectivity index (χ1) is 43.5. The maximum Gasteiger partial charge on any atom is 0.500 e. The first kappa shape index (κ1) is 88.8. The molecule has 0 fully saturated rings. The summed E-state index contributed by atoms with van der Waals surface area (Å²) in [6.07, 6.45) is 12.7. The molecular formula is C71H135N3O17Si3. The molecule has 548 valence electrons. The second-order valence-electron chi connectivity index (χ2n) is 30.1. The fourth-order valence-electron chi connectivity index (χ4n) is 13.8. The highest BCUT2D eigenvalue weighted by Gasteiger charge is 2.55. The average molecular weight is 1390 g/mol. The van der Waals surface area contributed by atoms with Crippen LogP contribution in [0.2, 0.25) is 18.1 Å². The second-order valence-corrected chi connectivity index (χ2v) is 38.6. The van der Waals surface area contributed by atoms with Crippen LogP contribution < -0.4 is 16.0 Å². The minimum absolute atomic E-state index is 0.0291. The molecule has 20 nitrogen and oxygen atoms in total. The van der Waals surface area contributed by atoms with E-state index in [4.69, 9.17) is 39.8 Å². The summed E-state index contributed by atoms with van der Waals surface area (Å²) in [5.74, 6) is -6.00. The molecule has 3 aliphatic carbocycles. The SMILES string of the molecule is CCO[Si](CCCNC(=O)C1C(C(=O)O)C(C)(C)C=CC1C(C)(C)C(C)C)(OC)OCC.CCO[Si](CCCNC(=O)C1C(C(C)C(C)(C)C)C=C(C)C(C)C1C(=O)O)(OC)OCC.CCO[Si](CCCNC1C(C(=O)O)C(C(C)(C)C)C=CC1(C)C(C)C)(OC)OCC. The topological polar surface area (TPSA) is 265 Å². The van der Waals surface area contributed by atoms with Crippen molar-refractivity contribution in [1.29, 1.82) is 0 Å². The van der Waals surface area contributed by atoms with Gasteiger partial charge < -0.3 is 71.1 Å². The summed E-state index contributed by atoms with van der Waals surface area (Å²) in [7, 11) is -3.31. The Morgan fingerprint density at radius 2 is 0.936 bits per heavy atom. The van der Waals surface area contributed by atoms with Gasteiger partial charge in [0.05, 0.1) is 29.6 Å². The zero-order chi connectivity index (χ0) is 72.6. The van der Waals surface area contributed by atoms with Gasteiger partial charge in [-0.15, -0.1) is 0 Å². The van der Waals surface area contributed by atoms with Gasteiger partial charge in [0.2, 0.25) is 11.8 Å². The normalized spacial score (nSPS) is 25.4. The number of carbonyl (C=O) groups is 5. The van der Waals surface area contributed by atoms with Gasteiger partial charge in [0, 0.05) is 104 Å². The standard InChI is InChI=1S/2C24H45NO6Si.C23H45NO5Si/c1-10-30-32(29-9,31-11-2)16-12-15-25-21(26)19-18(24(7,8)17(3)4)13-14-23(5,6)20(19)22(27)28;1-10-30-32(29-9,31-11-2)14-12-13-25-22(26)21-19(18(5)24(6,7)8)15-16(3)17(4)20(21)23(27)28;1-10-28-30(27-9,29-11-2)16-12-15-24-20-19(21(25)26)18(22(5,6)7)13-14-23(20,8)17(3)4/h13-14,17-20H,10-12,15-16H2,1-9H3,(H,25,26)(H,27,28);15,17-21H,10-14H2,1-9H3,(H,25,26)(H,27,28);13-14,17-20,24H,10-12,15-16H2,1-9H3,(H,25,26). The highest BCUT2D eigenvalue weighted by molar-refractivity contribution is 6.61. The Hall–Kier alpha value is -3.18. The Bertz CT molecular complexity index is 2390. The molecule has 6 N–H and O–H groups in total. The minimum atomic E-state index is -2.75. The number of rotatable bonds is 37. The Morgan fingerprint density at radius 1 is 0.553 bits per heavy atom. The third-order valence-electron chi connectivity index (χ3n) is 20.9. The molecule has 94 heavy (non-hydrogen) atoms. The molecule has 0 aromatic heterocycles. The van der Waals surface area contributed by atoms with Crippen molar-refractivity contribution in [1.82, 2.24) is 16.0 Å². The quantitative estimate of drug-likeness (QED) is 0.0192. The van der Waals surface area contributed by atoms with Crippen molar-refractivity contribution in [2.24, 2.45) is 98.1 Å². The van der Waals surface area contributed by atoms with Crippen molar-refractivity contribution >= 4 is 56.1 Å². The molecule has 2 amide bonds. The van der Waals surface area contributed by atoms with Crippen LogP contribution in [-0.4, -0.2) is 158 Å².